The Kier molecular flexibility index (Phi) is 2.99. The van der Waals surface area contributed by atoms with Crippen molar-refractivity contribution in [2.24, 2.45) is 0 Å². The molecule has 1 heterocycles. The van der Waals surface area contributed by atoms with Crippen LogP contribution in [0.3, 0.4) is 0 Å². The van der Waals surface area contributed by atoms with E-state index >= 15 is 0 Å². The monoisotopic (exact) mass is 237 g/mol. The molecular weight excluding hydrogens is 225 g/mol. The molecule has 2 aromatic rings. The third kappa shape index (κ3) is 2.43. The van der Waals surface area contributed by atoms with E-state index in [1.165, 1.54) is 6.07 Å². The molecule has 3 N–H and O–H groups in total. The Balaban J connectivity index is 2.45. The zero-order chi connectivity index (χ0) is 11.6. The molecule has 2 rings (SSSR count). The first-order valence-corrected chi connectivity index (χ1v) is 6.61. The predicted molar refractivity (Wildman–Crippen MR) is 64.3 cm³/mol. The molecule has 0 saturated carbocycles. The normalized spacial score (nSPS) is 12.4. The van der Waals surface area contributed by atoms with Crippen molar-refractivity contribution in [1.82, 2.24) is 4.98 Å². The molecule has 1 aromatic carbocycles. The van der Waals surface area contributed by atoms with Crippen molar-refractivity contribution in [3.05, 3.63) is 48.5 Å². The van der Waals surface area contributed by atoms with Crippen molar-refractivity contribution in [3.63, 3.8) is 0 Å². The quantitative estimate of drug-likeness (QED) is 0.677. The van der Waals surface area contributed by atoms with E-state index in [4.69, 9.17) is 14.7 Å². The summed E-state index contributed by atoms with van der Waals surface area (Å²) in [6.45, 7) is 0. The first kappa shape index (κ1) is 11.2. The van der Waals surface area contributed by atoms with Gasteiger partial charge < -0.3 is 0 Å². The van der Waals surface area contributed by atoms with Crippen LogP contribution in [0.15, 0.2) is 48.5 Å². The van der Waals surface area contributed by atoms with Crippen molar-refractivity contribution in [1.29, 1.82) is 0 Å². The van der Waals surface area contributed by atoms with Crippen molar-refractivity contribution in [3.8, 4) is 11.3 Å². The van der Waals surface area contributed by atoms with Crippen LogP contribution in [0.1, 0.15) is 0 Å². The van der Waals surface area contributed by atoms with Crippen molar-refractivity contribution in [2.75, 3.05) is 0 Å². The summed E-state index contributed by atoms with van der Waals surface area (Å²) < 4.78 is 0. The van der Waals surface area contributed by atoms with Gasteiger partial charge in [0.1, 0.15) is 0 Å². The van der Waals surface area contributed by atoms with E-state index in [0.29, 0.717) is 5.69 Å². The van der Waals surface area contributed by atoms with Crippen LogP contribution >= 0.6 is 7.94 Å². The van der Waals surface area contributed by atoms with Gasteiger partial charge in [-0.3, -0.25) is 0 Å². The van der Waals surface area contributed by atoms with Crippen LogP contribution in [-0.4, -0.2) is 19.7 Å². The molecule has 0 amide bonds. The number of benzene rings is 1. The summed E-state index contributed by atoms with van der Waals surface area (Å²) in [5, 5.41) is 0. The zero-order valence-electron chi connectivity index (χ0n) is 8.41. The van der Waals surface area contributed by atoms with E-state index in [9.17, 15) is 0 Å². The molecule has 5 heteroatoms. The Labute approximate surface area is 93.4 Å². The van der Waals surface area contributed by atoms with Crippen LogP contribution in [0, 0.1) is 0 Å². The summed E-state index contributed by atoms with van der Waals surface area (Å²) >= 11 is 0. The Morgan fingerprint density at radius 3 is 2.12 bits per heavy atom. The Morgan fingerprint density at radius 1 is 0.812 bits per heavy atom. The van der Waals surface area contributed by atoms with Gasteiger partial charge in [0.05, 0.1) is 0 Å². The molecule has 4 nitrogen and oxygen atoms in total. The van der Waals surface area contributed by atoms with Gasteiger partial charge in [-0.2, -0.15) is 0 Å². The molecule has 0 radical (unpaired) electrons. The molecule has 0 spiro atoms. The molecule has 0 saturated heterocycles. The molecule has 16 heavy (non-hydrogen) atoms. The van der Waals surface area contributed by atoms with Crippen LogP contribution in [0.25, 0.3) is 11.3 Å². The fourth-order valence-corrected chi connectivity index (χ4v) is 1.98. The van der Waals surface area contributed by atoms with Crippen molar-refractivity contribution in [2.45, 2.75) is 0 Å². The summed E-state index contributed by atoms with van der Waals surface area (Å²) in [6.07, 6.45) is 0. The average molecular weight is 237 g/mol. The van der Waals surface area contributed by atoms with E-state index in [1.807, 2.05) is 30.3 Å². The minimum atomic E-state index is -4.31. The summed E-state index contributed by atoms with van der Waals surface area (Å²) in [7, 11) is -4.31. The Morgan fingerprint density at radius 2 is 1.50 bits per heavy atom. The van der Waals surface area contributed by atoms with Gasteiger partial charge in [-0.25, -0.2) is 0 Å². The van der Waals surface area contributed by atoms with E-state index < -0.39 is 7.94 Å². The fourth-order valence-electron chi connectivity index (χ4n) is 1.39. The molecule has 1 aromatic heterocycles. The molecule has 0 unspecified atom stereocenters. The minimum absolute atomic E-state index is 0.0612. The second-order valence-corrected chi connectivity index (χ2v) is 5.19. The molecule has 0 fully saturated rings. The van der Waals surface area contributed by atoms with Crippen LogP contribution in [0.4, 0.5) is 0 Å². The van der Waals surface area contributed by atoms with Crippen LogP contribution in [0.5, 0.6) is 0 Å². The molecule has 0 aliphatic carbocycles. The van der Waals surface area contributed by atoms with Gasteiger partial charge in [0, 0.05) is 0 Å². The van der Waals surface area contributed by atoms with Crippen LogP contribution in [0.2, 0.25) is 0 Å². The Hall–Kier alpha value is -1.32. The van der Waals surface area contributed by atoms with Gasteiger partial charge >= 0.3 is 92.8 Å². The van der Waals surface area contributed by atoms with Gasteiger partial charge in [0.25, 0.3) is 0 Å². The predicted octanol–water partition coefficient (Wildman–Crippen LogP) is 0.846. The van der Waals surface area contributed by atoms with E-state index in [2.05, 4.69) is 4.98 Å². The number of hydrogen-bond donors (Lipinski definition) is 3. The molecule has 0 aliphatic heterocycles. The zero-order valence-corrected chi connectivity index (χ0v) is 9.41. The first-order chi connectivity index (χ1) is 7.57. The second-order valence-electron chi connectivity index (χ2n) is 3.41. The molecule has 84 valence electrons. The van der Waals surface area contributed by atoms with E-state index in [1.54, 1.807) is 12.1 Å². The third-order valence-electron chi connectivity index (χ3n) is 2.16. The molecule has 0 bridgehead atoms. The third-order valence-corrected chi connectivity index (χ3v) is 3.13. The number of rotatable bonds is 2. The topological polar surface area (TPSA) is 73.6 Å². The number of hydrogen-bond acceptors (Lipinski definition) is 4. The number of aromatic nitrogens is 1. The summed E-state index contributed by atoms with van der Waals surface area (Å²) in [6, 6.07) is 14.1. The van der Waals surface area contributed by atoms with Gasteiger partial charge in [-0.15, -0.1) is 0 Å². The first-order valence-electron chi connectivity index (χ1n) is 4.77. The van der Waals surface area contributed by atoms with Crippen LogP contribution < -0.4 is 5.44 Å². The van der Waals surface area contributed by atoms with Gasteiger partial charge in [-0.05, 0) is 0 Å². The van der Waals surface area contributed by atoms with Gasteiger partial charge in [0.15, 0.2) is 0 Å². The maximum absolute atomic E-state index is 9.15. The summed E-state index contributed by atoms with van der Waals surface area (Å²) in [5.74, 6) is 0. The molecular formula is C11H12NO3P. The van der Waals surface area contributed by atoms with Crippen molar-refractivity contribution >= 4 is 13.4 Å². The molecule has 0 aliphatic rings. The van der Waals surface area contributed by atoms with E-state index in [-0.39, 0.29) is 5.44 Å². The van der Waals surface area contributed by atoms with Crippen molar-refractivity contribution < 1.29 is 14.7 Å². The summed E-state index contributed by atoms with van der Waals surface area (Å²) in [5.41, 5.74) is 1.41. The second kappa shape index (κ2) is 4.28. The van der Waals surface area contributed by atoms with E-state index in [0.717, 1.165) is 5.56 Å². The molecule has 0 atom stereocenters. The fraction of sp³-hybridized carbons (Fsp3) is 0. The number of nitrogens with zero attached hydrogens (tertiary/aromatic N) is 1. The average Bonchev–Trinajstić information content (AvgIpc) is 2.29. The maximum atomic E-state index is 9.15. The van der Waals surface area contributed by atoms with Gasteiger partial charge in [-0.1, -0.05) is 0 Å². The number of pyridine rings is 1. The standard InChI is InChI=1S/C11H12NO3P/c13-16(14,15)11-8-4-7-10(12-11)9-5-2-1-3-6-9/h1-8,13-16H. The van der Waals surface area contributed by atoms with Crippen LogP contribution in [-0.2, 0) is 0 Å². The van der Waals surface area contributed by atoms with Gasteiger partial charge in [0.2, 0.25) is 0 Å². The Bertz CT molecular complexity index is 482. The summed E-state index contributed by atoms with van der Waals surface area (Å²) in [4.78, 5) is 31.5. The SMILES string of the molecule is O[PH](O)(O)c1cccc(-c2ccccc2)n1.